The smallest absolute Gasteiger partial charge is 0.264 e. The number of amides is 1. The fourth-order valence-corrected chi connectivity index (χ4v) is 8.94. The van der Waals surface area contributed by atoms with Gasteiger partial charge in [0, 0.05) is 36.8 Å². The fourth-order valence-electron chi connectivity index (χ4n) is 7.46. The van der Waals surface area contributed by atoms with Crippen molar-refractivity contribution < 1.29 is 22.7 Å². The average Bonchev–Trinajstić information content (AvgIpc) is 3.08. The van der Waals surface area contributed by atoms with Crippen molar-refractivity contribution in [3.05, 3.63) is 70.3 Å². The third kappa shape index (κ3) is 8.53. The number of ether oxygens (including phenoxy) is 2. The molecule has 2 bridgehead atoms. The van der Waals surface area contributed by atoms with Crippen LogP contribution < -0.4 is 14.4 Å². The molecule has 1 saturated heterocycles. The predicted octanol–water partition coefficient (Wildman–Crippen LogP) is 6.47. The van der Waals surface area contributed by atoms with Crippen LogP contribution in [-0.4, -0.2) is 70.4 Å². The maximum absolute atomic E-state index is 13.6. The van der Waals surface area contributed by atoms with E-state index in [1.165, 1.54) is 5.56 Å². The first-order chi connectivity index (χ1) is 22.7. The lowest BCUT2D eigenvalue weighted by atomic mass is 9.72. The molecule has 8 nitrogen and oxygen atoms in total. The number of allylic oxidation sites excluding steroid dienone is 2. The number of aryl methyl sites for hydroxylation is 1. The van der Waals surface area contributed by atoms with Crippen molar-refractivity contribution in [2.75, 3.05) is 50.8 Å². The number of benzene rings is 2. The Labute approximate surface area is 285 Å². The van der Waals surface area contributed by atoms with Crippen LogP contribution >= 0.6 is 11.6 Å². The van der Waals surface area contributed by atoms with Crippen molar-refractivity contribution in [3.63, 3.8) is 0 Å². The van der Waals surface area contributed by atoms with Crippen LogP contribution in [0.5, 0.6) is 5.75 Å². The molecule has 0 unspecified atom stereocenters. The minimum absolute atomic E-state index is 0.126. The Morgan fingerprint density at radius 1 is 0.979 bits per heavy atom. The van der Waals surface area contributed by atoms with Crippen LogP contribution in [0.2, 0.25) is 5.02 Å². The molecule has 1 N–H and O–H groups in total. The molecule has 2 aromatic rings. The maximum atomic E-state index is 13.6. The Morgan fingerprint density at radius 2 is 1.81 bits per heavy atom. The Kier molecular flexibility index (Phi) is 11.2. The first-order valence-electron chi connectivity index (χ1n) is 17.5. The summed E-state index contributed by atoms with van der Waals surface area (Å²) >= 11 is 6.35. The second kappa shape index (κ2) is 15.3. The molecular formula is C37H50ClN3O5S. The third-order valence-electron chi connectivity index (χ3n) is 10.9. The van der Waals surface area contributed by atoms with Gasteiger partial charge in [-0.3, -0.25) is 9.69 Å². The van der Waals surface area contributed by atoms with Gasteiger partial charge in [-0.25, -0.2) is 13.1 Å². The summed E-state index contributed by atoms with van der Waals surface area (Å²) in [6, 6.07) is 11.3. The minimum Gasteiger partial charge on any atom is -0.487 e. The summed E-state index contributed by atoms with van der Waals surface area (Å²) < 4.78 is 41.6. The Hall–Kier alpha value is -2.59. The Morgan fingerprint density at radius 3 is 2.60 bits per heavy atom. The standard InChI is InChI=1S/C37H50ClN3O5S/c1-26-21-28(14-16-40-17-19-45-20-18-40)6-7-29-8-9-32(29)24-41-15-4-3-5-30-22-34(38)12-10-33(30)25-46-36-13-11-31(23-35(36)41)37(42)39-47(43,44)27(26)2/h6-7,10-13,22-23,26-29,32H,3-5,8-9,14-21,24-25H2,1-2H3,(H,39,42)/t26-,27+,28-,29+,32-/m0/s1. The molecule has 0 spiro atoms. The van der Waals surface area contributed by atoms with E-state index in [1.807, 2.05) is 37.3 Å². The number of hydrogen-bond acceptors (Lipinski definition) is 7. The highest BCUT2D eigenvalue weighted by molar-refractivity contribution is 7.90. The fraction of sp³-hybridized carbons (Fsp3) is 0.595. The molecule has 1 saturated carbocycles. The van der Waals surface area contributed by atoms with E-state index in [4.69, 9.17) is 21.1 Å². The van der Waals surface area contributed by atoms with E-state index in [0.717, 1.165) is 107 Å². The molecule has 3 aliphatic heterocycles. The van der Waals surface area contributed by atoms with Gasteiger partial charge in [0.15, 0.2) is 0 Å². The number of halogens is 1. The van der Waals surface area contributed by atoms with Gasteiger partial charge in [0.05, 0.1) is 24.2 Å². The first-order valence-corrected chi connectivity index (χ1v) is 19.4. The number of fused-ring (bicyclic) bond motifs is 3. The van der Waals surface area contributed by atoms with Gasteiger partial charge < -0.3 is 14.4 Å². The molecular weight excluding hydrogens is 634 g/mol. The van der Waals surface area contributed by atoms with E-state index in [2.05, 4.69) is 26.7 Å². The lowest BCUT2D eigenvalue weighted by molar-refractivity contribution is 0.0358. The number of anilines is 1. The summed E-state index contributed by atoms with van der Waals surface area (Å²) in [6.07, 6.45) is 11.8. The Bertz CT molecular complexity index is 1540. The molecule has 256 valence electrons. The number of sulfonamides is 1. The number of hydrogen-bond donors (Lipinski definition) is 1. The number of nitrogens with zero attached hydrogens (tertiary/aromatic N) is 2. The van der Waals surface area contributed by atoms with Gasteiger partial charge in [0.25, 0.3) is 5.91 Å². The van der Waals surface area contributed by atoms with Gasteiger partial charge in [-0.15, -0.1) is 0 Å². The lowest BCUT2D eigenvalue weighted by Gasteiger charge is -2.40. The maximum Gasteiger partial charge on any atom is 0.264 e. The van der Waals surface area contributed by atoms with Crippen LogP contribution in [0.3, 0.4) is 0 Å². The van der Waals surface area contributed by atoms with Gasteiger partial charge in [0.1, 0.15) is 12.4 Å². The van der Waals surface area contributed by atoms with Gasteiger partial charge in [-0.1, -0.05) is 36.7 Å². The highest BCUT2D eigenvalue weighted by atomic mass is 35.5. The van der Waals surface area contributed by atoms with Crippen LogP contribution in [0.15, 0.2) is 48.6 Å². The molecule has 4 aliphatic rings. The van der Waals surface area contributed by atoms with Crippen molar-refractivity contribution in [2.45, 2.75) is 70.7 Å². The van der Waals surface area contributed by atoms with Crippen LogP contribution in [0.25, 0.3) is 0 Å². The second-order valence-electron chi connectivity index (χ2n) is 14.1. The van der Waals surface area contributed by atoms with E-state index in [1.54, 1.807) is 13.0 Å². The zero-order valence-corrected chi connectivity index (χ0v) is 29.4. The largest absolute Gasteiger partial charge is 0.487 e. The predicted molar refractivity (Wildman–Crippen MR) is 188 cm³/mol. The third-order valence-corrected chi connectivity index (χ3v) is 13.1. The van der Waals surface area contributed by atoms with E-state index < -0.39 is 21.2 Å². The first kappa shape index (κ1) is 34.3. The molecule has 1 aliphatic carbocycles. The summed E-state index contributed by atoms with van der Waals surface area (Å²) in [5.41, 5.74) is 3.48. The molecule has 6 rings (SSSR count). The molecule has 2 fully saturated rings. The quantitative estimate of drug-likeness (QED) is 0.371. The molecule has 3 heterocycles. The van der Waals surface area contributed by atoms with Gasteiger partial charge in [-0.2, -0.15) is 0 Å². The minimum atomic E-state index is -3.91. The summed E-state index contributed by atoms with van der Waals surface area (Å²) in [6.45, 7) is 10.2. The molecule has 0 radical (unpaired) electrons. The van der Waals surface area contributed by atoms with Crippen LogP contribution in [0, 0.1) is 23.7 Å². The number of rotatable bonds is 3. The summed E-state index contributed by atoms with van der Waals surface area (Å²) in [5, 5.41) is 0.00943. The van der Waals surface area contributed by atoms with Gasteiger partial charge in [-0.05, 0) is 124 Å². The number of carbonyl (C=O) groups is 1. The molecule has 1 amide bonds. The molecule has 2 aromatic carbocycles. The zero-order valence-electron chi connectivity index (χ0n) is 27.8. The van der Waals surface area contributed by atoms with Crippen molar-refractivity contribution in [3.8, 4) is 5.75 Å². The monoisotopic (exact) mass is 683 g/mol. The summed E-state index contributed by atoms with van der Waals surface area (Å²) in [7, 11) is -3.91. The summed E-state index contributed by atoms with van der Waals surface area (Å²) in [5.74, 6) is 1.21. The van der Waals surface area contributed by atoms with Gasteiger partial charge >= 0.3 is 0 Å². The number of carbonyl (C=O) groups excluding carboxylic acids is 1. The van der Waals surface area contributed by atoms with Crippen LogP contribution in [0.1, 0.15) is 73.9 Å². The van der Waals surface area contributed by atoms with Crippen molar-refractivity contribution in [1.29, 1.82) is 0 Å². The van der Waals surface area contributed by atoms with Crippen LogP contribution in [-0.2, 0) is 27.8 Å². The topological polar surface area (TPSA) is 88.2 Å². The van der Waals surface area contributed by atoms with Crippen molar-refractivity contribution >= 4 is 33.2 Å². The lowest BCUT2D eigenvalue weighted by Crippen LogP contribution is -2.41. The average molecular weight is 684 g/mol. The zero-order chi connectivity index (χ0) is 33.0. The van der Waals surface area contributed by atoms with E-state index in [9.17, 15) is 13.2 Å². The van der Waals surface area contributed by atoms with Gasteiger partial charge in [0.2, 0.25) is 10.0 Å². The highest BCUT2D eigenvalue weighted by Gasteiger charge is 2.34. The van der Waals surface area contributed by atoms with E-state index in [-0.39, 0.29) is 11.8 Å². The van der Waals surface area contributed by atoms with E-state index >= 15 is 0 Å². The van der Waals surface area contributed by atoms with Crippen molar-refractivity contribution in [2.24, 2.45) is 23.7 Å². The molecule has 10 heteroatoms. The number of morpholine rings is 1. The van der Waals surface area contributed by atoms with Crippen LogP contribution in [0.4, 0.5) is 5.69 Å². The Balaban J connectivity index is 1.31. The number of nitrogens with one attached hydrogen (secondary N) is 1. The normalized spacial score (nSPS) is 28.9. The second-order valence-corrected chi connectivity index (χ2v) is 16.5. The van der Waals surface area contributed by atoms with Crippen molar-refractivity contribution in [1.82, 2.24) is 9.62 Å². The molecule has 0 aromatic heterocycles. The highest BCUT2D eigenvalue weighted by Crippen LogP contribution is 2.40. The molecule has 5 atom stereocenters. The van der Waals surface area contributed by atoms with E-state index in [0.29, 0.717) is 29.8 Å². The SMILES string of the molecule is C[C@@H]1[C@@H](C)C[C@H](CCN2CCOCC2)C=C[C@@H]2CC[C@H]2CN2CCCCc3cc(Cl)ccc3COc3ccc(cc32)C(=O)NS1(=O)=O. The molecule has 47 heavy (non-hydrogen) atoms. The summed E-state index contributed by atoms with van der Waals surface area (Å²) in [4.78, 5) is 18.4.